The van der Waals surface area contributed by atoms with Crippen LogP contribution in [0.3, 0.4) is 0 Å². The quantitative estimate of drug-likeness (QED) is 0.736. The van der Waals surface area contributed by atoms with Crippen molar-refractivity contribution in [2.45, 2.75) is 19.5 Å². The Kier molecular flexibility index (Phi) is 4.34. The van der Waals surface area contributed by atoms with Crippen molar-refractivity contribution in [2.24, 2.45) is 0 Å². The number of pyridine rings is 1. The fraction of sp³-hybridized carbons (Fsp3) is 0.211. The van der Waals surface area contributed by atoms with Crippen molar-refractivity contribution in [3.8, 4) is 11.4 Å². The number of benzene rings is 1. The van der Waals surface area contributed by atoms with Crippen LogP contribution < -0.4 is 5.56 Å². The zero-order valence-corrected chi connectivity index (χ0v) is 14.3. The molecule has 0 atom stereocenters. The number of H-pyrrole nitrogens is 1. The lowest BCUT2D eigenvalue weighted by atomic mass is 10.1. The number of hydrogen-bond acceptors (Lipinski definition) is 4. The van der Waals surface area contributed by atoms with Crippen LogP contribution >= 0.6 is 11.6 Å². The molecule has 1 aliphatic heterocycles. The van der Waals surface area contributed by atoms with Gasteiger partial charge >= 0.3 is 0 Å². The first-order chi connectivity index (χ1) is 12.2. The Hall–Kier alpha value is -2.50. The molecule has 4 rings (SSSR count). The molecule has 1 aliphatic rings. The third-order valence-electron chi connectivity index (χ3n) is 4.39. The van der Waals surface area contributed by atoms with Crippen LogP contribution in [0.25, 0.3) is 11.4 Å². The smallest absolute Gasteiger partial charge is 0.254 e. The minimum absolute atomic E-state index is 0.0309. The van der Waals surface area contributed by atoms with Gasteiger partial charge in [0.05, 0.1) is 5.69 Å². The zero-order chi connectivity index (χ0) is 17.2. The minimum Gasteiger partial charge on any atom is -0.306 e. The maximum absolute atomic E-state index is 12.4. The first kappa shape index (κ1) is 16.0. The summed E-state index contributed by atoms with van der Waals surface area (Å²) in [5.74, 6) is 0.624. The predicted molar refractivity (Wildman–Crippen MR) is 97.4 cm³/mol. The van der Waals surface area contributed by atoms with Crippen molar-refractivity contribution in [3.63, 3.8) is 0 Å². The molecule has 0 unspecified atom stereocenters. The predicted octanol–water partition coefficient (Wildman–Crippen LogP) is 3.04. The zero-order valence-electron chi connectivity index (χ0n) is 13.6. The van der Waals surface area contributed by atoms with Gasteiger partial charge in [-0.2, -0.15) is 0 Å². The van der Waals surface area contributed by atoms with Crippen LogP contribution in [0, 0.1) is 0 Å². The Morgan fingerprint density at radius 1 is 1.16 bits per heavy atom. The number of fused-ring (bicyclic) bond motifs is 1. The first-order valence-electron chi connectivity index (χ1n) is 8.19. The molecule has 0 spiro atoms. The molecule has 2 aromatic heterocycles. The van der Waals surface area contributed by atoms with Crippen LogP contribution in [0.4, 0.5) is 0 Å². The third kappa shape index (κ3) is 3.48. The fourth-order valence-corrected chi connectivity index (χ4v) is 3.23. The molecule has 3 aromatic rings. The number of rotatable bonds is 3. The van der Waals surface area contributed by atoms with E-state index in [9.17, 15) is 4.79 Å². The monoisotopic (exact) mass is 352 g/mol. The summed E-state index contributed by atoms with van der Waals surface area (Å²) >= 11 is 5.84. The number of hydrogen-bond donors (Lipinski definition) is 1. The molecule has 0 saturated carbocycles. The second kappa shape index (κ2) is 6.78. The van der Waals surface area contributed by atoms with Crippen LogP contribution in [0.1, 0.15) is 16.8 Å². The third-order valence-corrected chi connectivity index (χ3v) is 4.62. The van der Waals surface area contributed by atoms with Crippen LogP contribution in [-0.4, -0.2) is 26.4 Å². The molecule has 3 heterocycles. The van der Waals surface area contributed by atoms with E-state index >= 15 is 0 Å². The number of halogens is 1. The highest BCUT2D eigenvalue weighted by molar-refractivity contribution is 6.29. The van der Waals surface area contributed by atoms with E-state index in [0.29, 0.717) is 23.9 Å². The maximum atomic E-state index is 12.4. The van der Waals surface area contributed by atoms with Crippen molar-refractivity contribution < 1.29 is 0 Å². The van der Waals surface area contributed by atoms with Gasteiger partial charge in [0.2, 0.25) is 0 Å². The summed E-state index contributed by atoms with van der Waals surface area (Å²) in [4.78, 5) is 26.4. The molecular formula is C19H17ClN4O. The summed E-state index contributed by atoms with van der Waals surface area (Å²) in [6.07, 6.45) is 2.49. The fourth-order valence-electron chi connectivity index (χ4n) is 3.12. The van der Waals surface area contributed by atoms with Crippen LogP contribution in [0.2, 0.25) is 5.15 Å². The first-order valence-corrected chi connectivity index (χ1v) is 8.57. The van der Waals surface area contributed by atoms with Crippen molar-refractivity contribution in [3.05, 3.63) is 81.0 Å². The summed E-state index contributed by atoms with van der Waals surface area (Å²) < 4.78 is 0. The van der Waals surface area contributed by atoms with Crippen molar-refractivity contribution >= 4 is 11.6 Å². The molecule has 1 aromatic carbocycles. The SMILES string of the molecule is O=c1[nH]c(-c2ccccc2)nc2c1CCN(Cc1ccc(Cl)nc1)C2. The van der Waals surface area contributed by atoms with Crippen molar-refractivity contribution in [1.29, 1.82) is 0 Å². The van der Waals surface area contributed by atoms with E-state index in [1.54, 1.807) is 12.3 Å². The lowest BCUT2D eigenvalue weighted by molar-refractivity contribution is 0.240. The lowest BCUT2D eigenvalue weighted by Crippen LogP contribution is -2.35. The van der Waals surface area contributed by atoms with Gasteiger partial charge in [0, 0.05) is 37.0 Å². The number of aromatic nitrogens is 3. The Bertz CT molecular complexity index is 938. The molecule has 0 saturated heterocycles. The summed E-state index contributed by atoms with van der Waals surface area (Å²) in [5, 5.41) is 0.494. The van der Waals surface area contributed by atoms with Gasteiger partial charge in [-0.25, -0.2) is 9.97 Å². The van der Waals surface area contributed by atoms with Crippen molar-refractivity contribution in [2.75, 3.05) is 6.54 Å². The van der Waals surface area contributed by atoms with Crippen molar-refractivity contribution in [1.82, 2.24) is 19.9 Å². The van der Waals surface area contributed by atoms with E-state index < -0.39 is 0 Å². The standard InChI is InChI=1S/C19H17ClN4O/c20-17-7-6-13(10-21-17)11-24-9-8-15-16(12-24)22-18(23-19(15)25)14-4-2-1-3-5-14/h1-7,10H,8-9,11-12H2,(H,22,23,25). The Balaban J connectivity index is 1.60. The highest BCUT2D eigenvalue weighted by Crippen LogP contribution is 2.20. The summed E-state index contributed by atoms with van der Waals surface area (Å²) in [6, 6.07) is 13.5. The largest absolute Gasteiger partial charge is 0.306 e. The van der Waals surface area contributed by atoms with E-state index in [1.165, 1.54) is 0 Å². The topological polar surface area (TPSA) is 61.9 Å². The molecule has 6 heteroatoms. The highest BCUT2D eigenvalue weighted by atomic mass is 35.5. The average Bonchev–Trinajstić information content (AvgIpc) is 2.64. The number of nitrogens with one attached hydrogen (secondary N) is 1. The van der Waals surface area contributed by atoms with Gasteiger partial charge in [-0.1, -0.05) is 48.0 Å². The Morgan fingerprint density at radius 2 is 2.00 bits per heavy atom. The molecule has 0 radical (unpaired) electrons. The molecule has 0 amide bonds. The van der Waals surface area contributed by atoms with E-state index in [0.717, 1.165) is 35.5 Å². The van der Waals surface area contributed by atoms with Crippen LogP contribution in [0.5, 0.6) is 0 Å². The van der Waals surface area contributed by atoms with Gasteiger partial charge in [0.25, 0.3) is 5.56 Å². The van der Waals surface area contributed by atoms with E-state index in [-0.39, 0.29) is 5.56 Å². The van der Waals surface area contributed by atoms with Gasteiger partial charge < -0.3 is 4.98 Å². The molecule has 0 aliphatic carbocycles. The van der Waals surface area contributed by atoms with Gasteiger partial charge in [0.1, 0.15) is 11.0 Å². The normalized spacial score (nSPS) is 14.3. The Morgan fingerprint density at radius 3 is 2.76 bits per heavy atom. The summed E-state index contributed by atoms with van der Waals surface area (Å²) in [6.45, 7) is 2.24. The van der Waals surface area contributed by atoms with Gasteiger partial charge in [-0.15, -0.1) is 0 Å². The van der Waals surface area contributed by atoms with Gasteiger partial charge in [-0.05, 0) is 18.1 Å². The maximum Gasteiger partial charge on any atom is 0.254 e. The van der Waals surface area contributed by atoms with Gasteiger partial charge in [-0.3, -0.25) is 9.69 Å². The molecule has 1 N–H and O–H groups in total. The van der Waals surface area contributed by atoms with Crippen LogP contribution in [0.15, 0.2) is 53.5 Å². The molecule has 25 heavy (non-hydrogen) atoms. The number of aromatic amines is 1. The minimum atomic E-state index is -0.0309. The summed E-state index contributed by atoms with van der Waals surface area (Å²) in [5.41, 5.74) is 3.64. The molecule has 5 nitrogen and oxygen atoms in total. The molecule has 126 valence electrons. The lowest BCUT2D eigenvalue weighted by Gasteiger charge is -2.27. The molecular weight excluding hydrogens is 336 g/mol. The average molecular weight is 353 g/mol. The van der Waals surface area contributed by atoms with Crippen LogP contribution in [-0.2, 0) is 19.5 Å². The summed E-state index contributed by atoms with van der Waals surface area (Å²) in [7, 11) is 0. The molecule has 0 fully saturated rings. The van der Waals surface area contributed by atoms with E-state index in [4.69, 9.17) is 16.6 Å². The van der Waals surface area contributed by atoms with E-state index in [2.05, 4.69) is 14.9 Å². The van der Waals surface area contributed by atoms with E-state index in [1.807, 2.05) is 36.4 Å². The molecule has 0 bridgehead atoms. The second-order valence-electron chi connectivity index (χ2n) is 6.16. The second-order valence-corrected chi connectivity index (χ2v) is 6.54. The highest BCUT2D eigenvalue weighted by Gasteiger charge is 2.21. The van der Waals surface area contributed by atoms with Gasteiger partial charge in [0.15, 0.2) is 0 Å². The Labute approximate surface area is 150 Å². The number of nitrogens with zero attached hydrogens (tertiary/aromatic N) is 3.